The van der Waals surface area contributed by atoms with Gasteiger partial charge in [-0.1, -0.05) is 90.1 Å². The van der Waals surface area contributed by atoms with Crippen molar-refractivity contribution in [2.75, 3.05) is 7.11 Å². The zero-order chi connectivity index (χ0) is 23.5. The molecule has 3 aromatic rings. The van der Waals surface area contributed by atoms with Gasteiger partial charge in [-0.3, -0.25) is 4.79 Å². The minimum Gasteiger partial charge on any atom is -0.497 e. The number of ether oxygens (including phenoxy) is 1. The summed E-state index contributed by atoms with van der Waals surface area (Å²) in [7, 11) is 1.65. The van der Waals surface area contributed by atoms with Crippen molar-refractivity contribution in [3.63, 3.8) is 0 Å². The van der Waals surface area contributed by atoms with Crippen molar-refractivity contribution in [1.29, 1.82) is 0 Å². The maximum atomic E-state index is 13.5. The number of nitrogens with one attached hydrogen (secondary N) is 1. The molecule has 32 heavy (non-hydrogen) atoms. The first-order valence-corrected chi connectivity index (χ1v) is 11.1. The molecule has 0 spiro atoms. The van der Waals surface area contributed by atoms with Crippen molar-refractivity contribution in [2.45, 2.75) is 58.4 Å². The lowest BCUT2D eigenvalue weighted by Gasteiger charge is -2.27. The Bertz CT molecular complexity index is 1020. The second-order valence-corrected chi connectivity index (χ2v) is 10.4. The Balaban J connectivity index is 2.02. The molecule has 0 aliphatic carbocycles. The van der Waals surface area contributed by atoms with E-state index in [1.165, 1.54) is 0 Å². The third-order valence-electron chi connectivity index (χ3n) is 5.78. The van der Waals surface area contributed by atoms with Crippen LogP contribution in [0, 0.1) is 0 Å². The lowest BCUT2D eigenvalue weighted by atomic mass is 9.79. The van der Waals surface area contributed by atoms with Crippen LogP contribution in [0.4, 0.5) is 0 Å². The highest BCUT2D eigenvalue weighted by molar-refractivity contribution is 5.95. The van der Waals surface area contributed by atoms with E-state index in [1.54, 1.807) is 7.11 Å². The van der Waals surface area contributed by atoms with Gasteiger partial charge in [0.05, 0.1) is 13.2 Å². The van der Waals surface area contributed by atoms with Gasteiger partial charge in [0.1, 0.15) is 5.75 Å². The molecule has 1 N–H and O–H groups in total. The van der Waals surface area contributed by atoms with E-state index in [4.69, 9.17) is 4.74 Å². The molecule has 0 fully saturated rings. The van der Waals surface area contributed by atoms with Gasteiger partial charge in [-0.25, -0.2) is 0 Å². The van der Waals surface area contributed by atoms with Gasteiger partial charge in [0, 0.05) is 5.56 Å². The van der Waals surface area contributed by atoms with E-state index in [-0.39, 0.29) is 22.8 Å². The van der Waals surface area contributed by atoms with Crippen molar-refractivity contribution in [1.82, 2.24) is 5.32 Å². The van der Waals surface area contributed by atoms with Gasteiger partial charge in [-0.2, -0.15) is 0 Å². The number of hydrogen-bond acceptors (Lipinski definition) is 2. The Morgan fingerprint density at radius 2 is 1.25 bits per heavy atom. The zero-order valence-electron chi connectivity index (χ0n) is 20.3. The fraction of sp³-hybridized carbons (Fsp3) is 0.345. The summed E-state index contributed by atoms with van der Waals surface area (Å²) < 4.78 is 5.31. The topological polar surface area (TPSA) is 38.3 Å². The maximum Gasteiger partial charge on any atom is 0.252 e. The Morgan fingerprint density at radius 1 is 0.750 bits per heavy atom. The third-order valence-corrected chi connectivity index (χ3v) is 5.78. The van der Waals surface area contributed by atoms with Crippen LogP contribution in [-0.2, 0) is 10.8 Å². The molecule has 168 valence electrons. The number of rotatable bonds is 5. The lowest BCUT2D eigenvalue weighted by molar-refractivity contribution is 0.0942. The summed E-state index contributed by atoms with van der Waals surface area (Å²) in [5.74, 6) is 0.714. The molecular weight excluding hydrogens is 394 g/mol. The monoisotopic (exact) mass is 429 g/mol. The minimum atomic E-state index is -0.258. The first-order chi connectivity index (χ1) is 15.0. The largest absolute Gasteiger partial charge is 0.497 e. The van der Waals surface area contributed by atoms with Crippen LogP contribution in [0.5, 0.6) is 5.75 Å². The molecular formula is C29H35NO2. The number of carbonyl (C=O) groups excluding carboxylic acids is 1. The number of methoxy groups -OCH3 is 1. The summed E-state index contributed by atoms with van der Waals surface area (Å²) >= 11 is 0. The molecule has 0 bridgehead atoms. The summed E-state index contributed by atoms with van der Waals surface area (Å²) in [6.45, 7) is 13.1. The molecule has 0 unspecified atom stereocenters. The molecule has 0 heterocycles. The highest BCUT2D eigenvalue weighted by Gasteiger charge is 2.24. The number of amides is 1. The zero-order valence-corrected chi connectivity index (χ0v) is 20.3. The van der Waals surface area contributed by atoms with Gasteiger partial charge in [0.15, 0.2) is 0 Å². The fourth-order valence-electron chi connectivity index (χ4n) is 3.64. The van der Waals surface area contributed by atoms with E-state index in [0.717, 1.165) is 28.0 Å². The van der Waals surface area contributed by atoms with Crippen molar-refractivity contribution in [3.05, 3.63) is 101 Å². The predicted molar refractivity (Wildman–Crippen MR) is 133 cm³/mol. The molecule has 3 aromatic carbocycles. The minimum absolute atomic E-state index is 0.0505. The van der Waals surface area contributed by atoms with Crippen molar-refractivity contribution < 1.29 is 9.53 Å². The molecule has 0 aliphatic rings. The summed E-state index contributed by atoms with van der Waals surface area (Å²) in [5.41, 5.74) is 4.96. The van der Waals surface area contributed by atoms with Gasteiger partial charge in [-0.15, -0.1) is 0 Å². The van der Waals surface area contributed by atoms with Crippen LogP contribution in [-0.4, -0.2) is 13.0 Å². The molecule has 0 saturated carbocycles. The van der Waals surface area contributed by atoms with E-state index >= 15 is 0 Å². The average Bonchev–Trinajstić information content (AvgIpc) is 2.76. The number of hydrogen-bond donors (Lipinski definition) is 1. The van der Waals surface area contributed by atoms with Gasteiger partial charge < -0.3 is 10.1 Å². The van der Waals surface area contributed by atoms with E-state index in [1.807, 2.05) is 66.7 Å². The van der Waals surface area contributed by atoms with Gasteiger partial charge >= 0.3 is 0 Å². The van der Waals surface area contributed by atoms with Gasteiger partial charge in [-0.05, 0) is 57.3 Å². The second-order valence-electron chi connectivity index (χ2n) is 10.4. The Morgan fingerprint density at radius 3 is 1.72 bits per heavy atom. The molecule has 0 aliphatic heterocycles. The van der Waals surface area contributed by atoms with Gasteiger partial charge in [0.2, 0.25) is 0 Å². The van der Waals surface area contributed by atoms with Crippen LogP contribution in [0.2, 0.25) is 0 Å². The molecule has 1 atom stereocenters. The van der Waals surface area contributed by atoms with Crippen LogP contribution >= 0.6 is 0 Å². The van der Waals surface area contributed by atoms with Crippen LogP contribution in [0.15, 0.2) is 72.8 Å². The van der Waals surface area contributed by atoms with E-state index < -0.39 is 0 Å². The maximum absolute atomic E-state index is 13.5. The molecule has 3 nitrogen and oxygen atoms in total. The highest BCUT2D eigenvalue weighted by Crippen LogP contribution is 2.31. The van der Waals surface area contributed by atoms with Crippen molar-refractivity contribution in [2.24, 2.45) is 0 Å². The first kappa shape index (κ1) is 23.6. The SMILES string of the molecule is COc1ccc([C@H](NC(=O)c2cc(C(C)(C)C)cc(C(C)(C)C)c2)c2ccccc2)cc1. The summed E-state index contributed by atoms with van der Waals surface area (Å²) in [6, 6.07) is 24.0. The number of benzene rings is 3. The first-order valence-electron chi connectivity index (χ1n) is 11.1. The normalized spacial score (nSPS) is 12.8. The van der Waals surface area contributed by atoms with Crippen molar-refractivity contribution >= 4 is 5.91 Å². The van der Waals surface area contributed by atoms with Crippen LogP contribution in [0.1, 0.15) is 80.2 Å². The Kier molecular flexibility index (Phi) is 6.78. The summed E-state index contributed by atoms with van der Waals surface area (Å²) in [4.78, 5) is 13.5. The third kappa shape index (κ3) is 5.59. The lowest BCUT2D eigenvalue weighted by Crippen LogP contribution is -2.30. The highest BCUT2D eigenvalue weighted by atomic mass is 16.5. The fourth-order valence-corrected chi connectivity index (χ4v) is 3.64. The molecule has 3 heteroatoms. The van der Waals surface area contributed by atoms with Gasteiger partial charge in [0.25, 0.3) is 5.91 Å². The van der Waals surface area contributed by atoms with E-state index in [0.29, 0.717) is 5.56 Å². The quantitative estimate of drug-likeness (QED) is 0.484. The van der Waals surface area contributed by atoms with E-state index in [2.05, 4.69) is 52.9 Å². The molecule has 1 amide bonds. The van der Waals surface area contributed by atoms with E-state index in [9.17, 15) is 4.79 Å². The van der Waals surface area contributed by atoms with Crippen LogP contribution < -0.4 is 10.1 Å². The predicted octanol–water partition coefficient (Wildman–Crippen LogP) is 6.81. The smallest absolute Gasteiger partial charge is 0.252 e. The Labute approximate surface area is 192 Å². The summed E-state index contributed by atoms with van der Waals surface area (Å²) in [6.07, 6.45) is 0. The standard InChI is InChI=1S/C29H35NO2/c1-28(2,3)23-17-22(18-24(19-23)29(4,5)6)27(31)30-26(20-11-9-8-10-12-20)21-13-15-25(32-7)16-14-21/h8-19,26H,1-7H3,(H,30,31)/t26-/m1/s1. The molecule has 0 saturated heterocycles. The van der Waals surface area contributed by atoms with Crippen molar-refractivity contribution in [3.8, 4) is 5.75 Å². The number of carbonyl (C=O) groups is 1. The second kappa shape index (κ2) is 9.20. The summed E-state index contributed by atoms with van der Waals surface area (Å²) in [5, 5.41) is 3.28. The molecule has 0 radical (unpaired) electrons. The molecule has 3 rings (SSSR count). The Hall–Kier alpha value is -3.07. The average molecular weight is 430 g/mol. The van der Waals surface area contributed by atoms with Crippen LogP contribution in [0.25, 0.3) is 0 Å². The molecule has 0 aromatic heterocycles. The van der Waals surface area contributed by atoms with Crippen LogP contribution in [0.3, 0.4) is 0 Å².